The number of sulfonamides is 1. The van der Waals surface area contributed by atoms with Gasteiger partial charge in [-0.2, -0.15) is 16.1 Å². The second-order valence-corrected chi connectivity index (χ2v) is 9.21. The molecule has 1 aromatic heterocycles. The minimum atomic E-state index is -3.57. The minimum absolute atomic E-state index is 0.110. The van der Waals surface area contributed by atoms with E-state index >= 15 is 0 Å². The van der Waals surface area contributed by atoms with E-state index in [0.717, 1.165) is 17.3 Å². The maximum atomic E-state index is 12.6. The average molecular weight is 426 g/mol. The highest BCUT2D eigenvalue weighted by molar-refractivity contribution is 7.99. The molecular formula is C18H23N3O5S2. The monoisotopic (exact) mass is 425 g/mol. The molecule has 0 unspecified atom stereocenters. The first-order valence-corrected chi connectivity index (χ1v) is 11.4. The molecule has 8 nitrogen and oxygen atoms in total. The Balaban J connectivity index is 1.49. The molecule has 28 heavy (non-hydrogen) atoms. The molecule has 0 radical (unpaired) electrons. The third-order valence-corrected chi connectivity index (χ3v) is 7.04. The van der Waals surface area contributed by atoms with Crippen molar-refractivity contribution in [3.63, 3.8) is 0 Å². The highest BCUT2D eigenvalue weighted by Gasteiger charge is 2.27. The predicted molar refractivity (Wildman–Crippen MR) is 108 cm³/mol. The van der Waals surface area contributed by atoms with Gasteiger partial charge in [0.05, 0.1) is 13.7 Å². The maximum Gasteiger partial charge on any atom is 0.267 e. The molecule has 0 spiro atoms. The Labute approximate surface area is 168 Å². The third kappa shape index (κ3) is 5.00. The van der Waals surface area contributed by atoms with Gasteiger partial charge >= 0.3 is 0 Å². The zero-order chi connectivity index (χ0) is 20.0. The Kier molecular flexibility index (Phi) is 6.87. The van der Waals surface area contributed by atoms with Gasteiger partial charge in [0.2, 0.25) is 10.0 Å². The fourth-order valence-corrected chi connectivity index (χ4v) is 5.26. The van der Waals surface area contributed by atoms with Crippen LogP contribution in [0, 0.1) is 0 Å². The van der Waals surface area contributed by atoms with E-state index < -0.39 is 10.0 Å². The summed E-state index contributed by atoms with van der Waals surface area (Å²) in [6, 6.07) is 8.51. The van der Waals surface area contributed by atoms with Gasteiger partial charge in [0.15, 0.2) is 0 Å². The molecule has 152 valence electrons. The van der Waals surface area contributed by atoms with Crippen molar-refractivity contribution in [1.29, 1.82) is 0 Å². The number of H-pyrrole nitrogens is 1. The van der Waals surface area contributed by atoms with Crippen LogP contribution in [0.5, 0.6) is 11.5 Å². The number of hydrogen-bond donors (Lipinski definition) is 2. The molecule has 1 amide bonds. The van der Waals surface area contributed by atoms with E-state index in [2.05, 4.69) is 10.3 Å². The number of aromatic nitrogens is 1. The van der Waals surface area contributed by atoms with Crippen LogP contribution in [0.1, 0.15) is 10.5 Å². The quantitative estimate of drug-likeness (QED) is 0.623. The molecule has 2 aromatic rings. The first-order chi connectivity index (χ1) is 13.5. The lowest BCUT2D eigenvalue weighted by atomic mass is 10.3. The molecule has 10 heteroatoms. The molecule has 1 aromatic carbocycles. The Hall–Kier alpha value is -2.17. The summed E-state index contributed by atoms with van der Waals surface area (Å²) in [5.41, 5.74) is 0.203. The van der Waals surface area contributed by atoms with E-state index in [-0.39, 0.29) is 29.6 Å². The summed E-state index contributed by atoms with van der Waals surface area (Å²) in [6.45, 7) is 1.55. The molecule has 2 heterocycles. The molecule has 3 rings (SSSR count). The second kappa shape index (κ2) is 9.35. The Morgan fingerprint density at radius 2 is 1.89 bits per heavy atom. The number of hydrogen-bond acceptors (Lipinski definition) is 6. The summed E-state index contributed by atoms with van der Waals surface area (Å²) >= 11 is 1.74. The van der Waals surface area contributed by atoms with E-state index in [1.165, 1.54) is 16.6 Å². The molecule has 0 atom stereocenters. The number of aromatic amines is 1. The van der Waals surface area contributed by atoms with Crippen molar-refractivity contribution in [2.45, 2.75) is 4.90 Å². The normalized spacial score (nSPS) is 15.2. The van der Waals surface area contributed by atoms with E-state index in [9.17, 15) is 13.2 Å². The Morgan fingerprint density at radius 3 is 2.57 bits per heavy atom. The molecule has 0 aliphatic carbocycles. The summed E-state index contributed by atoms with van der Waals surface area (Å²) < 4.78 is 37.3. The van der Waals surface area contributed by atoms with Crippen molar-refractivity contribution in [1.82, 2.24) is 14.6 Å². The summed E-state index contributed by atoms with van der Waals surface area (Å²) in [5.74, 6) is 2.59. The number of benzene rings is 1. The SMILES string of the molecule is COc1ccc(OCCNC(=O)c2cc(S(=O)(=O)N3CCSCC3)c[nH]2)cc1. The second-order valence-electron chi connectivity index (χ2n) is 6.05. The zero-order valence-electron chi connectivity index (χ0n) is 15.5. The van der Waals surface area contributed by atoms with Gasteiger partial charge in [-0.15, -0.1) is 0 Å². The smallest absolute Gasteiger partial charge is 0.267 e. The zero-order valence-corrected chi connectivity index (χ0v) is 17.1. The van der Waals surface area contributed by atoms with Crippen LogP contribution in [0.4, 0.5) is 0 Å². The van der Waals surface area contributed by atoms with Crippen LogP contribution >= 0.6 is 11.8 Å². The van der Waals surface area contributed by atoms with Gasteiger partial charge in [-0.25, -0.2) is 8.42 Å². The lowest BCUT2D eigenvalue weighted by Gasteiger charge is -2.24. The van der Waals surface area contributed by atoms with E-state index in [1.807, 2.05) is 0 Å². The maximum absolute atomic E-state index is 12.6. The van der Waals surface area contributed by atoms with Gasteiger partial charge in [-0.1, -0.05) is 0 Å². The van der Waals surface area contributed by atoms with Gasteiger partial charge < -0.3 is 19.8 Å². The third-order valence-electron chi connectivity index (χ3n) is 4.22. The van der Waals surface area contributed by atoms with Crippen molar-refractivity contribution < 1.29 is 22.7 Å². The van der Waals surface area contributed by atoms with E-state index in [0.29, 0.717) is 18.8 Å². The topological polar surface area (TPSA) is 101 Å². The highest BCUT2D eigenvalue weighted by Crippen LogP contribution is 2.21. The van der Waals surface area contributed by atoms with Crippen molar-refractivity contribution in [2.75, 3.05) is 44.9 Å². The van der Waals surface area contributed by atoms with Crippen molar-refractivity contribution in [2.24, 2.45) is 0 Å². The molecule has 1 aliphatic heterocycles. The number of carbonyl (C=O) groups is 1. The van der Waals surface area contributed by atoms with Gasteiger partial charge in [0.1, 0.15) is 28.7 Å². The molecule has 1 fully saturated rings. The van der Waals surface area contributed by atoms with Gasteiger partial charge in [0, 0.05) is 30.8 Å². The summed E-state index contributed by atoms with van der Waals surface area (Å²) in [4.78, 5) is 15.1. The number of amides is 1. The van der Waals surface area contributed by atoms with Gasteiger partial charge in [-0.05, 0) is 30.3 Å². The molecule has 0 saturated carbocycles. The number of methoxy groups -OCH3 is 1. The lowest BCUT2D eigenvalue weighted by Crippen LogP contribution is -2.37. The van der Waals surface area contributed by atoms with Crippen molar-refractivity contribution in [3.8, 4) is 11.5 Å². The van der Waals surface area contributed by atoms with Gasteiger partial charge in [0.25, 0.3) is 5.91 Å². The number of rotatable bonds is 8. The van der Waals surface area contributed by atoms with E-state index in [4.69, 9.17) is 9.47 Å². The number of thioether (sulfide) groups is 1. The highest BCUT2D eigenvalue weighted by atomic mass is 32.2. The van der Waals surface area contributed by atoms with Crippen LogP contribution in [0.25, 0.3) is 0 Å². The predicted octanol–water partition coefficient (Wildman–Crippen LogP) is 1.57. The van der Waals surface area contributed by atoms with Crippen molar-refractivity contribution in [3.05, 3.63) is 42.2 Å². The fraction of sp³-hybridized carbons (Fsp3) is 0.389. The van der Waals surface area contributed by atoms with Crippen LogP contribution in [-0.4, -0.2) is 68.5 Å². The largest absolute Gasteiger partial charge is 0.497 e. The number of nitrogens with zero attached hydrogens (tertiary/aromatic N) is 1. The average Bonchev–Trinajstić information content (AvgIpc) is 3.23. The molecular weight excluding hydrogens is 402 g/mol. The van der Waals surface area contributed by atoms with Crippen LogP contribution in [0.15, 0.2) is 41.4 Å². The number of nitrogens with one attached hydrogen (secondary N) is 2. The summed E-state index contributed by atoms with van der Waals surface area (Å²) in [5, 5.41) is 2.70. The van der Waals surface area contributed by atoms with Crippen LogP contribution in [0.2, 0.25) is 0 Å². The molecule has 2 N–H and O–H groups in total. The molecule has 0 bridgehead atoms. The summed E-state index contributed by atoms with van der Waals surface area (Å²) in [7, 11) is -1.98. The number of ether oxygens (including phenoxy) is 2. The minimum Gasteiger partial charge on any atom is -0.497 e. The lowest BCUT2D eigenvalue weighted by molar-refractivity contribution is 0.0942. The van der Waals surface area contributed by atoms with Gasteiger partial charge in [-0.3, -0.25) is 4.79 Å². The number of carbonyl (C=O) groups excluding carboxylic acids is 1. The fourth-order valence-electron chi connectivity index (χ4n) is 2.69. The molecule has 1 aliphatic rings. The van der Waals surface area contributed by atoms with Crippen LogP contribution < -0.4 is 14.8 Å². The van der Waals surface area contributed by atoms with Crippen LogP contribution in [0.3, 0.4) is 0 Å². The first-order valence-electron chi connectivity index (χ1n) is 8.82. The van der Waals surface area contributed by atoms with Crippen molar-refractivity contribution >= 4 is 27.7 Å². The molecule has 1 saturated heterocycles. The van der Waals surface area contributed by atoms with E-state index in [1.54, 1.807) is 43.1 Å². The first kappa shape index (κ1) is 20.6. The van der Waals surface area contributed by atoms with Crippen LogP contribution in [-0.2, 0) is 10.0 Å². The standard InChI is InChI=1S/C18H23N3O5S2/c1-25-14-2-4-15(5-3-14)26-9-6-19-18(22)17-12-16(13-20-17)28(23,24)21-7-10-27-11-8-21/h2-5,12-13,20H,6-11H2,1H3,(H,19,22). The summed E-state index contributed by atoms with van der Waals surface area (Å²) in [6.07, 6.45) is 1.36. The Morgan fingerprint density at radius 1 is 1.21 bits per heavy atom. The Bertz CT molecular complexity index is 890.